The lowest BCUT2D eigenvalue weighted by Crippen LogP contribution is -2.26. The molecule has 7 heteroatoms. The van der Waals surface area contributed by atoms with Gasteiger partial charge in [0.15, 0.2) is 0 Å². The van der Waals surface area contributed by atoms with Gasteiger partial charge in [-0.3, -0.25) is 4.31 Å². The molecule has 1 aliphatic rings. The number of halogens is 1. The lowest BCUT2D eigenvalue weighted by molar-refractivity contribution is 0.0696. The van der Waals surface area contributed by atoms with Crippen molar-refractivity contribution in [2.24, 2.45) is 5.92 Å². The Morgan fingerprint density at radius 1 is 1.50 bits per heavy atom. The maximum Gasteiger partial charge on any atom is 0.335 e. The Hall–Kier alpha value is -1.63. The highest BCUT2D eigenvalue weighted by Gasteiger charge is 2.35. The Morgan fingerprint density at radius 2 is 2.17 bits per heavy atom. The van der Waals surface area contributed by atoms with Gasteiger partial charge in [0, 0.05) is 6.54 Å². The Balaban J connectivity index is 2.44. The zero-order chi connectivity index (χ0) is 13.5. The fourth-order valence-electron chi connectivity index (χ4n) is 1.99. The highest BCUT2D eigenvalue weighted by molar-refractivity contribution is 7.93. The van der Waals surface area contributed by atoms with Crippen molar-refractivity contribution in [3.05, 3.63) is 29.6 Å². The van der Waals surface area contributed by atoms with Crippen molar-refractivity contribution < 1.29 is 22.7 Å². The lowest BCUT2D eigenvalue weighted by atomic mass is 10.2. The molecule has 18 heavy (non-hydrogen) atoms. The van der Waals surface area contributed by atoms with Crippen LogP contribution >= 0.6 is 0 Å². The summed E-state index contributed by atoms with van der Waals surface area (Å²) < 4.78 is 38.3. The van der Waals surface area contributed by atoms with E-state index in [4.69, 9.17) is 5.11 Å². The molecule has 1 unspecified atom stereocenters. The fourth-order valence-corrected chi connectivity index (χ4v) is 3.92. The van der Waals surface area contributed by atoms with Gasteiger partial charge in [-0.1, -0.05) is 6.92 Å². The van der Waals surface area contributed by atoms with Gasteiger partial charge in [-0.25, -0.2) is 17.6 Å². The van der Waals surface area contributed by atoms with E-state index >= 15 is 0 Å². The second-order valence-corrected chi connectivity index (χ2v) is 6.32. The molecule has 0 spiro atoms. The molecule has 1 aromatic rings. The molecule has 0 bridgehead atoms. The predicted molar refractivity (Wildman–Crippen MR) is 63.7 cm³/mol. The lowest BCUT2D eigenvalue weighted by Gasteiger charge is -2.17. The number of carbonyl (C=O) groups is 1. The summed E-state index contributed by atoms with van der Waals surface area (Å²) in [7, 11) is -3.50. The van der Waals surface area contributed by atoms with Crippen LogP contribution < -0.4 is 4.31 Å². The van der Waals surface area contributed by atoms with Crippen LogP contribution in [0.2, 0.25) is 0 Å². The molecule has 1 N–H and O–H groups in total. The first-order valence-electron chi connectivity index (χ1n) is 5.34. The van der Waals surface area contributed by atoms with Crippen molar-refractivity contribution in [1.29, 1.82) is 0 Å². The molecule has 1 heterocycles. The Labute approximate surface area is 104 Å². The summed E-state index contributed by atoms with van der Waals surface area (Å²) in [6, 6.07) is 3.21. The smallest absolute Gasteiger partial charge is 0.335 e. The van der Waals surface area contributed by atoms with E-state index in [1.165, 1.54) is 12.1 Å². The van der Waals surface area contributed by atoms with Gasteiger partial charge in [0.25, 0.3) is 0 Å². The summed E-state index contributed by atoms with van der Waals surface area (Å²) in [5.41, 5.74) is -0.301. The SMILES string of the molecule is CC1CN(c2ccc(C(=O)O)cc2F)S(=O)(=O)C1. The summed E-state index contributed by atoms with van der Waals surface area (Å²) in [4.78, 5) is 10.7. The van der Waals surface area contributed by atoms with E-state index in [9.17, 15) is 17.6 Å². The number of carboxylic acids is 1. The van der Waals surface area contributed by atoms with Crippen molar-refractivity contribution in [2.75, 3.05) is 16.6 Å². The van der Waals surface area contributed by atoms with Crippen molar-refractivity contribution in [2.45, 2.75) is 6.92 Å². The number of carboxylic acid groups (broad SMARTS) is 1. The van der Waals surface area contributed by atoms with Crippen molar-refractivity contribution >= 4 is 21.7 Å². The quantitative estimate of drug-likeness (QED) is 0.881. The second-order valence-electron chi connectivity index (χ2n) is 4.39. The van der Waals surface area contributed by atoms with Gasteiger partial charge in [-0.05, 0) is 24.1 Å². The number of rotatable bonds is 2. The monoisotopic (exact) mass is 273 g/mol. The van der Waals surface area contributed by atoms with Crippen LogP contribution in [0.4, 0.5) is 10.1 Å². The Kier molecular flexibility index (Phi) is 3.02. The first-order chi connectivity index (χ1) is 8.31. The van der Waals surface area contributed by atoms with Crippen LogP contribution in [0.25, 0.3) is 0 Å². The van der Waals surface area contributed by atoms with Gasteiger partial charge in [0.1, 0.15) is 5.82 Å². The summed E-state index contributed by atoms with van der Waals surface area (Å²) >= 11 is 0. The third-order valence-corrected chi connectivity index (χ3v) is 4.78. The zero-order valence-electron chi connectivity index (χ0n) is 9.63. The minimum atomic E-state index is -3.50. The summed E-state index contributed by atoms with van der Waals surface area (Å²) in [6.07, 6.45) is 0. The molecule has 0 aliphatic carbocycles. The summed E-state index contributed by atoms with van der Waals surface area (Å²) in [5.74, 6) is -2.19. The second kappa shape index (κ2) is 4.24. The van der Waals surface area contributed by atoms with Crippen LogP contribution in [0, 0.1) is 11.7 Å². The van der Waals surface area contributed by atoms with Crippen LogP contribution in [0.3, 0.4) is 0 Å². The largest absolute Gasteiger partial charge is 0.478 e. The highest BCUT2D eigenvalue weighted by Crippen LogP contribution is 2.29. The minimum absolute atomic E-state index is 0.0207. The van der Waals surface area contributed by atoms with Crippen molar-refractivity contribution in [3.8, 4) is 0 Å². The molecule has 1 atom stereocenters. The van der Waals surface area contributed by atoms with E-state index in [0.29, 0.717) is 0 Å². The molecular weight excluding hydrogens is 261 g/mol. The summed E-state index contributed by atoms with van der Waals surface area (Å²) in [6.45, 7) is 1.98. The number of hydrogen-bond acceptors (Lipinski definition) is 3. The van der Waals surface area contributed by atoms with Gasteiger partial charge in [-0.15, -0.1) is 0 Å². The first-order valence-corrected chi connectivity index (χ1v) is 6.95. The van der Waals surface area contributed by atoms with Gasteiger partial charge in [-0.2, -0.15) is 0 Å². The molecule has 1 fully saturated rings. The molecule has 1 aliphatic heterocycles. The zero-order valence-corrected chi connectivity index (χ0v) is 10.4. The number of benzene rings is 1. The van der Waals surface area contributed by atoms with E-state index < -0.39 is 21.8 Å². The standard InChI is InChI=1S/C11H12FNO4S/c1-7-5-13(18(16,17)6-7)10-3-2-8(11(14)15)4-9(10)12/h2-4,7H,5-6H2,1H3,(H,14,15). The first kappa shape index (κ1) is 12.8. The van der Waals surface area contributed by atoms with Crippen LogP contribution in [0.15, 0.2) is 18.2 Å². The van der Waals surface area contributed by atoms with E-state index in [2.05, 4.69) is 0 Å². The molecule has 0 amide bonds. The van der Waals surface area contributed by atoms with Gasteiger partial charge in [0.05, 0.1) is 17.0 Å². The Morgan fingerprint density at radius 3 is 2.61 bits per heavy atom. The molecule has 0 radical (unpaired) electrons. The fraction of sp³-hybridized carbons (Fsp3) is 0.364. The van der Waals surface area contributed by atoms with Crippen LogP contribution in [0.5, 0.6) is 0 Å². The number of aromatic carboxylic acids is 1. The molecule has 0 saturated carbocycles. The Bertz CT molecular complexity index is 599. The number of nitrogens with zero attached hydrogens (tertiary/aromatic N) is 1. The van der Waals surface area contributed by atoms with Gasteiger partial charge in [0.2, 0.25) is 10.0 Å². The maximum absolute atomic E-state index is 13.8. The average Bonchev–Trinajstić information content (AvgIpc) is 2.51. The summed E-state index contributed by atoms with van der Waals surface area (Å²) in [5, 5.41) is 8.71. The van der Waals surface area contributed by atoms with Gasteiger partial charge < -0.3 is 5.11 Å². The molecule has 2 rings (SSSR count). The third kappa shape index (κ3) is 2.17. The van der Waals surface area contributed by atoms with Crippen molar-refractivity contribution in [1.82, 2.24) is 0 Å². The van der Waals surface area contributed by atoms with Crippen LogP contribution in [0.1, 0.15) is 17.3 Å². The highest BCUT2D eigenvalue weighted by atomic mass is 32.2. The molecular formula is C11H12FNO4S. The van der Waals surface area contributed by atoms with Crippen LogP contribution in [-0.4, -0.2) is 31.8 Å². The maximum atomic E-state index is 13.8. The van der Waals surface area contributed by atoms with E-state index in [1.54, 1.807) is 6.92 Å². The topological polar surface area (TPSA) is 74.7 Å². The molecule has 1 saturated heterocycles. The normalized spacial score (nSPS) is 22.1. The molecule has 1 aromatic carbocycles. The minimum Gasteiger partial charge on any atom is -0.478 e. The number of hydrogen-bond donors (Lipinski definition) is 1. The molecule has 98 valence electrons. The number of anilines is 1. The van der Waals surface area contributed by atoms with Gasteiger partial charge >= 0.3 is 5.97 Å². The third-order valence-electron chi connectivity index (χ3n) is 2.77. The van der Waals surface area contributed by atoms with Crippen molar-refractivity contribution in [3.63, 3.8) is 0 Å². The number of sulfonamides is 1. The predicted octanol–water partition coefficient (Wildman–Crippen LogP) is 1.31. The van der Waals surface area contributed by atoms with E-state index in [1.807, 2.05) is 0 Å². The van der Waals surface area contributed by atoms with E-state index in [-0.39, 0.29) is 29.5 Å². The molecule has 5 nitrogen and oxygen atoms in total. The molecule has 0 aromatic heterocycles. The average molecular weight is 273 g/mol. The van der Waals surface area contributed by atoms with E-state index in [0.717, 1.165) is 10.4 Å². The van der Waals surface area contributed by atoms with Crippen LogP contribution in [-0.2, 0) is 10.0 Å².